The lowest BCUT2D eigenvalue weighted by atomic mass is 10.1. The molecule has 0 amide bonds. The molecule has 0 heterocycles. The van der Waals surface area contributed by atoms with E-state index in [1.165, 1.54) is 75.3 Å². The fourth-order valence-electron chi connectivity index (χ4n) is 3.74. The second-order valence-corrected chi connectivity index (χ2v) is 12.1. The fraction of sp³-hybridized carbons (Fsp3) is 0.556. The number of benzene rings is 2. The molecule has 2 nitrogen and oxygen atoms in total. The minimum Gasteiger partial charge on any atom is -0.520 e. The summed E-state index contributed by atoms with van der Waals surface area (Å²) in [5, 5.41) is 0. The average molecular weight is 427 g/mol. The van der Waals surface area contributed by atoms with E-state index < -0.39 is 8.56 Å². The van der Waals surface area contributed by atoms with E-state index in [4.69, 9.17) is 8.85 Å². The summed E-state index contributed by atoms with van der Waals surface area (Å²) in [6.45, 7) is 7.37. The van der Waals surface area contributed by atoms with Gasteiger partial charge >= 0.3 is 8.56 Å². The van der Waals surface area contributed by atoms with E-state index in [0.717, 1.165) is 18.8 Å². The van der Waals surface area contributed by atoms with Crippen molar-refractivity contribution in [1.82, 2.24) is 0 Å². The van der Waals surface area contributed by atoms with Crippen LogP contribution in [0.4, 0.5) is 0 Å². The van der Waals surface area contributed by atoms with Crippen molar-refractivity contribution in [2.45, 2.75) is 90.6 Å². The summed E-state index contributed by atoms with van der Waals surface area (Å²) < 4.78 is 12.4. The van der Waals surface area contributed by atoms with Gasteiger partial charge in [0.1, 0.15) is 5.75 Å². The molecular weight excluding hydrogens is 384 g/mol. The molecule has 0 saturated heterocycles. The molecule has 0 aliphatic rings. The standard InChI is InChI=1S/C27H42O2Si/c1-4-5-6-7-8-9-10-11-12-13-17-24-28-30(2,3)29-27-22-20-26(21-23-27)25-18-15-14-16-19-25/h14-16,18-23H,4-13,17,24H2,1-3H3. The van der Waals surface area contributed by atoms with Crippen molar-refractivity contribution in [2.24, 2.45) is 0 Å². The Balaban J connectivity index is 1.55. The number of unbranched alkanes of at least 4 members (excludes halogenated alkanes) is 10. The van der Waals surface area contributed by atoms with Crippen LogP contribution in [0, 0.1) is 0 Å². The predicted octanol–water partition coefficient (Wildman–Crippen LogP) is 8.76. The molecular formula is C27H42O2Si. The van der Waals surface area contributed by atoms with Gasteiger partial charge in [0.15, 0.2) is 0 Å². The Morgan fingerprint density at radius 3 is 1.67 bits per heavy atom. The van der Waals surface area contributed by atoms with Crippen LogP contribution in [0.15, 0.2) is 54.6 Å². The molecule has 0 unspecified atom stereocenters. The molecule has 166 valence electrons. The van der Waals surface area contributed by atoms with Gasteiger partial charge in [0.2, 0.25) is 0 Å². The molecule has 3 heteroatoms. The Hall–Kier alpha value is -1.58. The topological polar surface area (TPSA) is 18.5 Å². The molecule has 2 aromatic carbocycles. The van der Waals surface area contributed by atoms with E-state index in [1.807, 2.05) is 6.07 Å². The van der Waals surface area contributed by atoms with Crippen LogP contribution < -0.4 is 4.43 Å². The summed E-state index contributed by atoms with van der Waals surface area (Å²) in [5.41, 5.74) is 2.44. The summed E-state index contributed by atoms with van der Waals surface area (Å²) in [6.07, 6.45) is 15.0. The van der Waals surface area contributed by atoms with Crippen LogP contribution >= 0.6 is 0 Å². The van der Waals surface area contributed by atoms with Gasteiger partial charge in [-0.2, -0.15) is 0 Å². The van der Waals surface area contributed by atoms with Gasteiger partial charge in [-0.05, 0) is 42.8 Å². The van der Waals surface area contributed by atoms with Gasteiger partial charge < -0.3 is 8.85 Å². The maximum Gasteiger partial charge on any atom is 0.392 e. The maximum atomic E-state index is 6.21. The third-order valence-electron chi connectivity index (χ3n) is 5.52. The van der Waals surface area contributed by atoms with Crippen molar-refractivity contribution < 1.29 is 8.85 Å². The van der Waals surface area contributed by atoms with E-state index in [-0.39, 0.29) is 0 Å². The van der Waals surface area contributed by atoms with Crippen LogP contribution in [0.5, 0.6) is 5.75 Å². The van der Waals surface area contributed by atoms with E-state index >= 15 is 0 Å². The Labute approximate surface area is 186 Å². The van der Waals surface area contributed by atoms with Crippen molar-refractivity contribution in [1.29, 1.82) is 0 Å². The molecule has 2 aromatic rings. The third-order valence-corrected chi connectivity index (χ3v) is 7.15. The first-order chi connectivity index (χ1) is 14.6. The zero-order chi connectivity index (χ0) is 21.5. The zero-order valence-corrected chi connectivity index (χ0v) is 20.5. The highest BCUT2D eigenvalue weighted by atomic mass is 28.4. The molecule has 0 aromatic heterocycles. The summed E-state index contributed by atoms with van der Waals surface area (Å²) >= 11 is 0. The predicted molar refractivity (Wildman–Crippen MR) is 132 cm³/mol. The van der Waals surface area contributed by atoms with Gasteiger partial charge in [0.05, 0.1) is 0 Å². The largest absolute Gasteiger partial charge is 0.520 e. The molecule has 0 bridgehead atoms. The molecule has 0 saturated carbocycles. The lowest BCUT2D eigenvalue weighted by molar-refractivity contribution is 0.240. The Morgan fingerprint density at radius 1 is 0.600 bits per heavy atom. The minimum atomic E-state index is -2.14. The second kappa shape index (κ2) is 14.4. The van der Waals surface area contributed by atoms with Gasteiger partial charge in [-0.15, -0.1) is 0 Å². The Bertz CT molecular complexity index is 667. The lowest BCUT2D eigenvalue weighted by Gasteiger charge is -2.24. The molecule has 0 aliphatic heterocycles. The van der Waals surface area contributed by atoms with Gasteiger partial charge in [-0.3, -0.25) is 0 Å². The quantitative estimate of drug-likeness (QED) is 0.197. The molecule has 0 aliphatic carbocycles. The smallest absolute Gasteiger partial charge is 0.392 e. The van der Waals surface area contributed by atoms with E-state index in [1.54, 1.807) is 0 Å². The van der Waals surface area contributed by atoms with Gasteiger partial charge in [0, 0.05) is 6.61 Å². The van der Waals surface area contributed by atoms with Gasteiger partial charge in [-0.1, -0.05) is 114 Å². The van der Waals surface area contributed by atoms with Crippen molar-refractivity contribution in [3.05, 3.63) is 54.6 Å². The number of rotatable bonds is 16. The van der Waals surface area contributed by atoms with Crippen molar-refractivity contribution >= 4 is 8.56 Å². The summed E-state index contributed by atoms with van der Waals surface area (Å²) in [5.74, 6) is 0.908. The molecule has 0 N–H and O–H groups in total. The Morgan fingerprint density at radius 2 is 1.10 bits per heavy atom. The highest BCUT2D eigenvalue weighted by molar-refractivity contribution is 6.65. The van der Waals surface area contributed by atoms with Crippen LogP contribution in [-0.2, 0) is 4.43 Å². The Kier molecular flexibility index (Phi) is 11.9. The SMILES string of the molecule is CCCCCCCCCCCCCO[Si](C)(C)Oc1ccc(-c2ccccc2)cc1. The van der Waals surface area contributed by atoms with E-state index in [2.05, 4.69) is 68.5 Å². The molecule has 30 heavy (non-hydrogen) atoms. The van der Waals surface area contributed by atoms with E-state index in [0.29, 0.717) is 0 Å². The summed E-state index contributed by atoms with van der Waals surface area (Å²) in [4.78, 5) is 0. The highest BCUT2D eigenvalue weighted by Crippen LogP contribution is 2.24. The molecule has 0 fully saturated rings. The van der Waals surface area contributed by atoms with Crippen molar-refractivity contribution in [3.63, 3.8) is 0 Å². The normalized spacial score (nSPS) is 11.6. The number of hydrogen-bond donors (Lipinski definition) is 0. The average Bonchev–Trinajstić information content (AvgIpc) is 2.75. The lowest BCUT2D eigenvalue weighted by Crippen LogP contribution is -2.38. The van der Waals surface area contributed by atoms with Crippen molar-refractivity contribution in [2.75, 3.05) is 6.61 Å². The van der Waals surface area contributed by atoms with Crippen LogP contribution in [0.25, 0.3) is 11.1 Å². The molecule has 2 rings (SSSR count). The minimum absolute atomic E-state index is 0.818. The van der Waals surface area contributed by atoms with Crippen LogP contribution in [-0.4, -0.2) is 15.2 Å². The van der Waals surface area contributed by atoms with Crippen LogP contribution in [0.2, 0.25) is 13.1 Å². The van der Waals surface area contributed by atoms with Crippen LogP contribution in [0.1, 0.15) is 77.6 Å². The highest BCUT2D eigenvalue weighted by Gasteiger charge is 2.26. The second-order valence-electron chi connectivity index (χ2n) is 8.78. The van der Waals surface area contributed by atoms with Crippen molar-refractivity contribution in [3.8, 4) is 16.9 Å². The van der Waals surface area contributed by atoms with E-state index in [9.17, 15) is 0 Å². The zero-order valence-electron chi connectivity index (χ0n) is 19.5. The number of hydrogen-bond acceptors (Lipinski definition) is 2. The monoisotopic (exact) mass is 426 g/mol. The first-order valence-corrected chi connectivity index (χ1v) is 14.9. The third kappa shape index (κ3) is 10.4. The maximum absolute atomic E-state index is 6.21. The summed E-state index contributed by atoms with van der Waals surface area (Å²) in [7, 11) is -2.14. The fourth-order valence-corrected chi connectivity index (χ4v) is 5.14. The molecule has 0 spiro atoms. The van der Waals surface area contributed by atoms with Gasteiger partial charge in [-0.25, -0.2) is 0 Å². The first-order valence-electron chi connectivity index (χ1n) is 12.1. The first kappa shape index (κ1) is 24.7. The van der Waals surface area contributed by atoms with Gasteiger partial charge in [0.25, 0.3) is 0 Å². The molecule has 0 radical (unpaired) electrons. The molecule has 0 atom stereocenters. The summed E-state index contributed by atoms with van der Waals surface area (Å²) in [6, 6.07) is 18.8. The van der Waals surface area contributed by atoms with Crippen LogP contribution in [0.3, 0.4) is 0 Å².